The molecule has 1 N–H and O–H groups in total. The van der Waals surface area contributed by atoms with Gasteiger partial charge in [0.15, 0.2) is 0 Å². The highest BCUT2D eigenvalue weighted by atomic mass is 19.4. The topological polar surface area (TPSA) is 50.2 Å². The lowest BCUT2D eigenvalue weighted by Gasteiger charge is -2.24. The zero-order valence-electron chi connectivity index (χ0n) is 12.5. The largest absolute Gasteiger partial charge is 0.481 e. The second-order valence-electron chi connectivity index (χ2n) is 5.77. The fourth-order valence-electron chi connectivity index (χ4n) is 2.90. The number of allylic oxidation sites excluding steroid dienone is 2. The van der Waals surface area contributed by atoms with Crippen molar-refractivity contribution in [1.29, 1.82) is 0 Å². The standard InChI is InChI=1S/C18H14F3NO2/c19-18(20,21)13-5-3-12(4-6-13)15-11-14(7-10-22-15)17(16(23)24)8-1-2-9-17/h1-7,10-11H,8-9H2,(H,23,24). The van der Waals surface area contributed by atoms with Gasteiger partial charge in [0.2, 0.25) is 0 Å². The summed E-state index contributed by atoms with van der Waals surface area (Å²) in [6.07, 6.45) is 1.53. The molecule has 1 aromatic carbocycles. The molecule has 0 radical (unpaired) electrons. The third-order valence-corrected chi connectivity index (χ3v) is 4.33. The molecular formula is C18H14F3NO2. The third-order valence-electron chi connectivity index (χ3n) is 4.33. The van der Waals surface area contributed by atoms with Crippen LogP contribution in [0.1, 0.15) is 24.0 Å². The molecule has 0 spiro atoms. The van der Waals surface area contributed by atoms with Crippen molar-refractivity contribution in [3.05, 3.63) is 65.9 Å². The van der Waals surface area contributed by atoms with Gasteiger partial charge in [-0.25, -0.2) is 0 Å². The Labute approximate surface area is 136 Å². The van der Waals surface area contributed by atoms with Gasteiger partial charge in [0.1, 0.15) is 0 Å². The number of hydrogen-bond acceptors (Lipinski definition) is 2. The van der Waals surface area contributed by atoms with Crippen molar-refractivity contribution in [2.75, 3.05) is 0 Å². The number of carbonyl (C=O) groups is 1. The minimum Gasteiger partial charge on any atom is -0.481 e. The van der Waals surface area contributed by atoms with E-state index in [9.17, 15) is 23.1 Å². The van der Waals surface area contributed by atoms with E-state index >= 15 is 0 Å². The van der Waals surface area contributed by atoms with E-state index in [2.05, 4.69) is 4.98 Å². The Hall–Kier alpha value is -2.63. The summed E-state index contributed by atoms with van der Waals surface area (Å²) in [5.41, 5.74) is -0.191. The van der Waals surface area contributed by atoms with Gasteiger partial charge in [0, 0.05) is 11.8 Å². The zero-order chi connectivity index (χ0) is 17.4. The summed E-state index contributed by atoms with van der Waals surface area (Å²) < 4.78 is 37.9. The van der Waals surface area contributed by atoms with E-state index in [0.717, 1.165) is 12.1 Å². The Kier molecular flexibility index (Phi) is 3.91. The highest BCUT2D eigenvalue weighted by Gasteiger charge is 2.41. The van der Waals surface area contributed by atoms with Crippen LogP contribution in [-0.4, -0.2) is 16.1 Å². The molecule has 3 rings (SSSR count). The van der Waals surface area contributed by atoms with E-state index in [-0.39, 0.29) is 0 Å². The molecule has 0 amide bonds. The lowest BCUT2D eigenvalue weighted by atomic mass is 9.78. The average Bonchev–Trinajstić information content (AvgIpc) is 3.05. The maximum Gasteiger partial charge on any atom is 0.416 e. The van der Waals surface area contributed by atoms with E-state index < -0.39 is 23.1 Å². The Morgan fingerprint density at radius 3 is 2.25 bits per heavy atom. The second-order valence-corrected chi connectivity index (χ2v) is 5.77. The first-order valence-electron chi connectivity index (χ1n) is 7.35. The van der Waals surface area contributed by atoms with E-state index in [1.54, 1.807) is 12.1 Å². The number of hydrogen-bond donors (Lipinski definition) is 1. The maximum absolute atomic E-state index is 12.6. The summed E-state index contributed by atoms with van der Waals surface area (Å²) in [6, 6.07) is 7.96. The molecule has 2 aromatic rings. The van der Waals surface area contributed by atoms with Crippen molar-refractivity contribution in [1.82, 2.24) is 4.98 Å². The van der Waals surface area contributed by atoms with Gasteiger partial charge in [-0.15, -0.1) is 0 Å². The first-order chi connectivity index (χ1) is 11.3. The fraction of sp³-hybridized carbons (Fsp3) is 0.222. The normalized spacial score (nSPS) is 16.3. The average molecular weight is 333 g/mol. The number of halogens is 3. The predicted molar refractivity (Wildman–Crippen MR) is 82.4 cm³/mol. The van der Waals surface area contributed by atoms with Crippen LogP contribution in [0.25, 0.3) is 11.3 Å². The molecule has 0 saturated carbocycles. The summed E-state index contributed by atoms with van der Waals surface area (Å²) in [7, 11) is 0. The summed E-state index contributed by atoms with van der Waals surface area (Å²) >= 11 is 0. The Bertz CT molecular complexity index is 787. The molecule has 24 heavy (non-hydrogen) atoms. The number of aliphatic carboxylic acids is 1. The monoisotopic (exact) mass is 333 g/mol. The van der Waals surface area contributed by atoms with E-state index in [1.807, 2.05) is 12.2 Å². The highest BCUT2D eigenvalue weighted by molar-refractivity contribution is 5.83. The molecule has 0 saturated heterocycles. The lowest BCUT2D eigenvalue weighted by Crippen LogP contribution is -2.33. The smallest absolute Gasteiger partial charge is 0.416 e. The number of carboxylic acid groups (broad SMARTS) is 1. The number of aromatic nitrogens is 1. The molecule has 1 heterocycles. The molecule has 0 aliphatic heterocycles. The lowest BCUT2D eigenvalue weighted by molar-refractivity contribution is -0.143. The number of carboxylic acids is 1. The molecule has 0 unspecified atom stereocenters. The SMILES string of the molecule is O=C(O)C1(c2ccnc(-c3ccc(C(F)(F)F)cc3)c2)CC=CC1. The molecular weight excluding hydrogens is 319 g/mol. The van der Waals surface area contributed by atoms with Crippen LogP contribution in [-0.2, 0) is 16.4 Å². The van der Waals surface area contributed by atoms with Crippen LogP contribution in [0.3, 0.4) is 0 Å². The first-order valence-corrected chi connectivity index (χ1v) is 7.35. The van der Waals surface area contributed by atoms with Crippen molar-refractivity contribution < 1.29 is 23.1 Å². The van der Waals surface area contributed by atoms with Crippen LogP contribution >= 0.6 is 0 Å². The van der Waals surface area contributed by atoms with Gasteiger partial charge in [0.25, 0.3) is 0 Å². The zero-order valence-corrected chi connectivity index (χ0v) is 12.5. The van der Waals surface area contributed by atoms with Crippen molar-refractivity contribution in [2.24, 2.45) is 0 Å². The van der Waals surface area contributed by atoms with Crippen LogP contribution in [0.4, 0.5) is 13.2 Å². The minimum absolute atomic E-state index is 0.388. The van der Waals surface area contributed by atoms with Gasteiger partial charge in [-0.2, -0.15) is 13.2 Å². The van der Waals surface area contributed by atoms with Gasteiger partial charge in [0.05, 0.1) is 16.7 Å². The fourth-order valence-corrected chi connectivity index (χ4v) is 2.90. The van der Waals surface area contributed by atoms with Gasteiger partial charge in [-0.3, -0.25) is 9.78 Å². The molecule has 124 valence electrons. The van der Waals surface area contributed by atoms with Gasteiger partial charge < -0.3 is 5.11 Å². The first kappa shape index (κ1) is 16.2. The van der Waals surface area contributed by atoms with E-state index in [4.69, 9.17) is 0 Å². The number of rotatable bonds is 3. The second kappa shape index (κ2) is 5.78. The predicted octanol–water partition coefficient (Wildman–Crippen LogP) is 4.44. The highest BCUT2D eigenvalue weighted by Crippen LogP contribution is 2.38. The number of alkyl halides is 3. The van der Waals surface area contributed by atoms with Gasteiger partial charge >= 0.3 is 12.1 Å². The summed E-state index contributed by atoms with van der Waals surface area (Å²) in [5.74, 6) is -0.919. The molecule has 1 aliphatic rings. The van der Waals surface area contributed by atoms with E-state index in [1.165, 1.54) is 18.3 Å². The Morgan fingerprint density at radius 2 is 1.71 bits per heavy atom. The minimum atomic E-state index is -4.39. The van der Waals surface area contributed by atoms with E-state index in [0.29, 0.717) is 29.7 Å². The van der Waals surface area contributed by atoms with Crippen LogP contribution in [0.2, 0.25) is 0 Å². The molecule has 1 aromatic heterocycles. The number of benzene rings is 1. The molecule has 0 atom stereocenters. The Morgan fingerprint density at radius 1 is 1.08 bits per heavy atom. The van der Waals surface area contributed by atoms with Crippen LogP contribution in [0.5, 0.6) is 0 Å². The molecule has 0 fully saturated rings. The summed E-state index contributed by atoms with van der Waals surface area (Å²) in [5, 5.41) is 9.62. The number of nitrogens with zero attached hydrogens (tertiary/aromatic N) is 1. The van der Waals surface area contributed by atoms with Crippen molar-refractivity contribution >= 4 is 5.97 Å². The van der Waals surface area contributed by atoms with Crippen LogP contribution in [0.15, 0.2) is 54.7 Å². The molecule has 1 aliphatic carbocycles. The van der Waals surface area contributed by atoms with Gasteiger partial charge in [-0.05, 0) is 42.7 Å². The molecule has 3 nitrogen and oxygen atoms in total. The van der Waals surface area contributed by atoms with Crippen molar-refractivity contribution in [3.63, 3.8) is 0 Å². The van der Waals surface area contributed by atoms with Crippen molar-refractivity contribution in [2.45, 2.75) is 24.4 Å². The quantitative estimate of drug-likeness (QED) is 0.845. The molecule has 0 bridgehead atoms. The summed E-state index contributed by atoms with van der Waals surface area (Å²) in [6.45, 7) is 0. The third kappa shape index (κ3) is 2.79. The summed E-state index contributed by atoms with van der Waals surface area (Å²) in [4.78, 5) is 15.9. The van der Waals surface area contributed by atoms with Crippen molar-refractivity contribution in [3.8, 4) is 11.3 Å². The number of pyridine rings is 1. The Balaban J connectivity index is 1.98. The van der Waals surface area contributed by atoms with Crippen LogP contribution < -0.4 is 0 Å². The van der Waals surface area contributed by atoms with Crippen LogP contribution in [0, 0.1) is 0 Å². The molecule has 6 heteroatoms. The van der Waals surface area contributed by atoms with Gasteiger partial charge in [-0.1, -0.05) is 24.3 Å². The maximum atomic E-state index is 12.6.